The van der Waals surface area contributed by atoms with Crippen LogP contribution in [-0.4, -0.2) is 38.2 Å². The Balaban J connectivity index is 3.01. The minimum absolute atomic E-state index is 0.0170. The number of rotatable bonds is 9. The van der Waals surface area contributed by atoms with Crippen molar-refractivity contribution in [2.24, 2.45) is 0 Å². The smallest absolute Gasteiger partial charge is 0.245 e. The topological polar surface area (TPSA) is 38.3 Å². The molecule has 0 aliphatic heterocycles. The minimum Gasteiger partial charge on any atom is -0.375 e. The molecule has 0 rings (SSSR count). The molecule has 0 fully saturated rings. The highest BCUT2D eigenvalue weighted by molar-refractivity contribution is 7.98. The van der Waals surface area contributed by atoms with E-state index in [0.717, 1.165) is 13.0 Å². The van der Waals surface area contributed by atoms with Crippen LogP contribution in [-0.2, 0) is 9.53 Å². The summed E-state index contributed by atoms with van der Waals surface area (Å²) in [6.07, 6.45) is 6.96. The first-order valence-electron chi connectivity index (χ1n) is 5.06. The third-order valence-electron chi connectivity index (χ3n) is 1.87. The third-order valence-corrected chi connectivity index (χ3v) is 2.57. The molecule has 0 bridgehead atoms. The van der Waals surface area contributed by atoms with Crippen molar-refractivity contribution in [1.82, 2.24) is 5.32 Å². The number of nitrogens with one attached hydrogen (secondary N) is 1. The molecule has 0 saturated carbocycles. The molecule has 0 aromatic carbocycles. The summed E-state index contributed by atoms with van der Waals surface area (Å²) < 4.78 is 4.70. The lowest BCUT2D eigenvalue weighted by Gasteiger charge is -2.03. The molecule has 14 heavy (non-hydrogen) atoms. The molecule has 1 N–H and O–H groups in total. The summed E-state index contributed by atoms with van der Waals surface area (Å²) in [5, 5.41) is 2.81. The zero-order valence-electron chi connectivity index (χ0n) is 9.17. The lowest BCUT2D eigenvalue weighted by molar-refractivity contribution is -0.124. The van der Waals surface area contributed by atoms with Crippen LogP contribution in [0.3, 0.4) is 0 Å². The molecule has 0 radical (unpaired) electrons. The maximum Gasteiger partial charge on any atom is 0.245 e. The van der Waals surface area contributed by atoms with Gasteiger partial charge in [-0.3, -0.25) is 4.79 Å². The molecule has 0 aromatic rings. The first kappa shape index (κ1) is 13.8. The minimum atomic E-state index is -0.0170. The normalized spacial score (nSPS) is 10.1. The molecule has 1 amide bonds. The first-order valence-corrected chi connectivity index (χ1v) is 6.45. The van der Waals surface area contributed by atoms with Gasteiger partial charge in [0.15, 0.2) is 0 Å². The zero-order chi connectivity index (χ0) is 10.6. The van der Waals surface area contributed by atoms with Gasteiger partial charge in [-0.05, 0) is 24.9 Å². The van der Waals surface area contributed by atoms with E-state index in [2.05, 4.69) is 11.6 Å². The number of hydrogen-bond acceptors (Lipinski definition) is 3. The lowest BCUT2D eigenvalue weighted by atomic mass is 10.2. The van der Waals surface area contributed by atoms with Crippen LogP contribution < -0.4 is 5.32 Å². The predicted molar refractivity (Wildman–Crippen MR) is 61.7 cm³/mol. The van der Waals surface area contributed by atoms with Gasteiger partial charge >= 0.3 is 0 Å². The van der Waals surface area contributed by atoms with Crippen LogP contribution in [0, 0.1) is 0 Å². The van der Waals surface area contributed by atoms with Gasteiger partial charge in [-0.2, -0.15) is 11.8 Å². The number of amides is 1. The molecule has 0 heterocycles. The van der Waals surface area contributed by atoms with Crippen molar-refractivity contribution in [3.05, 3.63) is 0 Å². The van der Waals surface area contributed by atoms with Crippen molar-refractivity contribution in [3.63, 3.8) is 0 Å². The second-order valence-electron chi connectivity index (χ2n) is 3.19. The maximum absolute atomic E-state index is 10.9. The number of ether oxygens (including phenoxy) is 1. The van der Waals surface area contributed by atoms with E-state index in [1.54, 1.807) is 0 Å². The van der Waals surface area contributed by atoms with E-state index < -0.39 is 0 Å². The molecule has 0 atom stereocenters. The molecule has 0 unspecified atom stereocenters. The molecule has 84 valence electrons. The number of methoxy groups -OCH3 is 1. The summed E-state index contributed by atoms with van der Waals surface area (Å²) in [7, 11) is 1.53. The molecule has 0 aliphatic carbocycles. The maximum atomic E-state index is 10.9. The van der Waals surface area contributed by atoms with Crippen LogP contribution >= 0.6 is 11.8 Å². The van der Waals surface area contributed by atoms with Gasteiger partial charge in [0.1, 0.15) is 6.61 Å². The Labute approximate surface area is 91.0 Å². The third kappa shape index (κ3) is 9.86. The van der Waals surface area contributed by atoms with Gasteiger partial charge in [-0.1, -0.05) is 12.8 Å². The van der Waals surface area contributed by atoms with E-state index in [4.69, 9.17) is 4.74 Å². The Morgan fingerprint density at radius 2 is 2.00 bits per heavy atom. The zero-order valence-corrected chi connectivity index (χ0v) is 9.99. The lowest BCUT2D eigenvalue weighted by Crippen LogP contribution is -2.27. The quantitative estimate of drug-likeness (QED) is 0.600. The Morgan fingerprint density at radius 3 is 2.64 bits per heavy atom. The summed E-state index contributed by atoms with van der Waals surface area (Å²) in [6.45, 7) is 0.952. The highest BCUT2D eigenvalue weighted by Crippen LogP contribution is 2.03. The Bertz CT molecular complexity index is 142. The van der Waals surface area contributed by atoms with Crippen molar-refractivity contribution in [2.75, 3.05) is 32.3 Å². The number of carbonyl (C=O) groups is 1. The highest BCUT2D eigenvalue weighted by atomic mass is 32.2. The van der Waals surface area contributed by atoms with E-state index in [-0.39, 0.29) is 12.5 Å². The summed E-state index contributed by atoms with van der Waals surface area (Å²) in [4.78, 5) is 10.9. The fourth-order valence-corrected chi connectivity index (χ4v) is 1.63. The van der Waals surface area contributed by atoms with Crippen LogP contribution in [0.4, 0.5) is 0 Å². The standard InChI is InChI=1S/C10H21NO2S/c1-13-9-10(12)11-7-5-3-4-6-8-14-2/h3-9H2,1-2H3,(H,11,12). The van der Waals surface area contributed by atoms with Crippen LogP contribution in [0.5, 0.6) is 0 Å². The van der Waals surface area contributed by atoms with Gasteiger partial charge in [0.05, 0.1) is 0 Å². The molecule has 3 nitrogen and oxygen atoms in total. The van der Waals surface area contributed by atoms with Gasteiger partial charge in [0, 0.05) is 13.7 Å². The average molecular weight is 219 g/mol. The summed E-state index contributed by atoms with van der Waals surface area (Å²) in [5.41, 5.74) is 0. The predicted octanol–water partition coefficient (Wildman–Crippen LogP) is 1.67. The summed E-state index contributed by atoms with van der Waals surface area (Å²) >= 11 is 1.89. The fourth-order valence-electron chi connectivity index (χ4n) is 1.13. The SMILES string of the molecule is COCC(=O)NCCCCCCSC. The Hall–Kier alpha value is -0.220. The molecule has 0 aromatic heterocycles. The largest absolute Gasteiger partial charge is 0.375 e. The average Bonchev–Trinajstić information content (AvgIpc) is 2.17. The van der Waals surface area contributed by atoms with Gasteiger partial charge in [0.25, 0.3) is 0 Å². The van der Waals surface area contributed by atoms with Crippen molar-refractivity contribution < 1.29 is 9.53 Å². The molecule has 4 heteroatoms. The second kappa shape index (κ2) is 10.9. The number of carbonyl (C=O) groups excluding carboxylic acids is 1. The number of hydrogen-bond donors (Lipinski definition) is 1. The van der Waals surface area contributed by atoms with Crippen LogP contribution in [0.1, 0.15) is 25.7 Å². The van der Waals surface area contributed by atoms with Crippen molar-refractivity contribution >= 4 is 17.7 Å². The van der Waals surface area contributed by atoms with E-state index in [1.807, 2.05) is 11.8 Å². The van der Waals surface area contributed by atoms with Crippen molar-refractivity contribution in [2.45, 2.75) is 25.7 Å². The van der Waals surface area contributed by atoms with E-state index in [9.17, 15) is 4.79 Å². The van der Waals surface area contributed by atoms with Crippen LogP contribution in [0.25, 0.3) is 0 Å². The molecule has 0 aliphatic rings. The summed E-state index contributed by atoms with van der Waals surface area (Å²) in [5.74, 6) is 1.23. The van der Waals surface area contributed by atoms with Crippen molar-refractivity contribution in [1.29, 1.82) is 0 Å². The molecular formula is C10H21NO2S. The Kier molecular flexibility index (Phi) is 10.7. The van der Waals surface area contributed by atoms with E-state index >= 15 is 0 Å². The van der Waals surface area contributed by atoms with Gasteiger partial charge in [-0.15, -0.1) is 0 Å². The second-order valence-corrected chi connectivity index (χ2v) is 4.18. The van der Waals surface area contributed by atoms with Crippen LogP contribution in [0.15, 0.2) is 0 Å². The van der Waals surface area contributed by atoms with E-state index in [1.165, 1.54) is 32.1 Å². The molecule has 0 spiro atoms. The summed E-state index contributed by atoms with van der Waals surface area (Å²) in [6, 6.07) is 0. The first-order chi connectivity index (χ1) is 6.81. The molecular weight excluding hydrogens is 198 g/mol. The van der Waals surface area contributed by atoms with Crippen LogP contribution in [0.2, 0.25) is 0 Å². The van der Waals surface area contributed by atoms with Gasteiger partial charge in [-0.25, -0.2) is 0 Å². The fraction of sp³-hybridized carbons (Fsp3) is 0.900. The van der Waals surface area contributed by atoms with Gasteiger partial charge < -0.3 is 10.1 Å². The molecule has 0 saturated heterocycles. The monoisotopic (exact) mass is 219 g/mol. The van der Waals surface area contributed by atoms with E-state index in [0.29, 0.717) is 0 Å². The van der Waals surface area contributed by atoms with Crippen molar-refractivity contribution in [3.8, 4) is 0 Å². The highest BCUT2D eigenvalue weighted by Gasteiger charge is 1.97. The number of unbranched alkanes of at least 4 members (excludes halogenated alkanes) is 3. The number of thioether (sulfide) groups is 1. The Morgan fingerprint density at radius 1 is 1.29 bits per heavy atom. The van der Waals surface area contributed by atoms with Gasteiger partial charge in [0.2, 0.25) is 5.91 Å².